The van der Waals surface area contributed by atoms with Crippen LogP contribution in [0.25, 0.3) is 11.1 Å². The van der Waals surface area contributed by atoms with Crippen molar-refractivity contribution in [1.29, 1.82) is 0 Å². The van der Waals surface area contributed by atoms with Gasteiger partial charge in [-0.3, -0.25) is 9.59 Å². The highest BCUT2D eigenvalue weighted by Crippen LogP contribution is 2.44. The first-order valence-corrected chi connectivity index (χ1v) is 12.6. The average molecular weight is 475 g/mol. The summed E-state index contributed by atoms with van der Waals surface area (Å²) in [4.78, 5) is 37.8. The highest BCUT2D eigenvalue weighted by atomic mass is 16.6. The van der Waals surface area contributed by atoms with E-state index >= 15 is 0 Å². The van der Waals surface area contributed by atoms with Gasteiger partial charge in [0.15, 0.2) is 5.78 Å². The van der Waals surface area contributed by atoms with Crippen LogP contribution in [0.3, 0.4) is 0 Å². The lowest BCUT2D eigenvalue weighted by Crippen LogP contribution is -2.26. The molecule has 1 aliphatic heterocycles. The molecule has 1 aliphatic carbocycles. The quantitative estimate of drug-likeness (QED) is 0.321. The average Bonchev–Trinajstić information content (AvgIpc) is 3.37. The predicted octanol–water partition coefficient (Wildman–Crippen LogP) is 6.17. The van der Waals surface area contributed by atoms with Gasteiger partial charge in [-0.25, -0.2) is 4.79 Å². The first-order valence-electron chi connectivity index (χ1n) is 12.6. The molecule has 0 radical (unpaired) electrons. The molecule has 2 aliphatic rings. The maximum Gasteiger partial charge on any atom is 0.338 e. The minimum absolute atomic E-state index is 0.0567. The van der Waals surface area contributed by atoms with Crippen molar-refractivity contribution in [2.45, 2.75) is 65.1 Å². The molecule has 4 rings (SSSR count). The van der Waals surface area contributed by atoms with Crippen molar-refractivity contribution in [2.75, 3.05) is 0 Å². The van der Waals surface area contributed by atoms with Gasteiger partial charge in [0.1, 0.15) is 12.2 Å². The zero-order chi connectivity index (χ0) is 25.0. The summed E-state index contributed by atoms with van der Waals surface area (Å²) in [6, 6.07) is 17.3. The Balaban J connectivity index is 1.47. The molecule has 1 saturated heterocycles. The van der Waals surface area contributed by atoms with Crippen molar-refractivity contribution in [3.8, 4) is 11.1 Å². The van der Waals surface area contributed by atoms with E-state index < -0.39 is 17.5 Å². The van der Waals surface area contributed by atoms with Gasteiger partial charge in [-0.05, 0) is 35.8 Å². The normalized spacial score (nSPS) is 23.8. The number of hydrogen-bond donors (Lipinski definition) is 0. The van der Waals surface area contributed by atoms with E-state index in [1.54, 1.807) is 18.2 Å². The molecule has 0 bridgehead atoms. The molecule has 0 aromatic heterocycles. The summed E-state index contributed by atoms with van der Waals surface area (Å²) < 4.78 is 11.4. The summed E-state index contributed by atoms with van der Waals surface area (Å²) in [6.07, 6.45) is 6.34. The zero-order valence-electron chi connectivity index (χ0n) is 20.7. The Morgan fingerprint density at radius 3 is 2.43 bits per heavy atom. The van der Waals surface area contributed by atoms with Crippen LogP contribution >= 0.6 is 0 Å². The summed E-state index contributed by atoms with van der Waals surface area (Å²) in [5, 5.41) is 0. The van der Waals surface area contributed by atoms with Crippen molar-refractivity contribution in [3.63, 3.8) is 0 Å². The zero-order valence-corrected chi connectivity index (χ0v) is 20.7. The number of esters is 2. The van der Waals surface area contributed by atoms with Gasteiger partial charge in [0, 0.05) is 23.7 Å². The van der Waals surface area contributed by atoms with E-state index in [-0.39, 0.29) is 36.1 Å². The monoisotopic (exact) mass is 474 g/mol. The summed E-state index contributed by atoms with van der Waals surface area (Å²) >= 11 is 0. The molecule has 2 aromatic rings. The van der Waals surface area contributed by atoms with Crippen LogP contribution in [0.4, 0.5) is 0 Å². The Morgan fingerprint density at radius 1 is 1.06 bits per heavy atom. The summed E-state index contributed by atoms with van der Waals surface area (Å²) in [5.41, 5.74) is 2.13. The summed E-state index contributed by atoms with van der Waals surface area (Å²) in [7, 11) is 0. The third-order valence-corrected chi connectivity index (χ3v) is 7.33. The van der Waals surface area contributed by atoms with E-state index in [2.05, 4.69) is 6.92 Å². The van der Waals surface area contributed by atoms with Gasteiger partial charge < -0.3 is 9.47 Å². The maximum absolute atomic E-state index is 13.0. The van der Waals surface area contributed by atoms with Crippen LogP contribution in [-0.4, -0.2) is 29.9 Å². The molecule has 4 atom stereocenters. The van der Waals surface area contributed by atoms with Crippen molar-refractivity contribution in [3.05, 3.63) is 72.3 Å². The molecule has 0 unspecified atom stereocenters. The van der Waals surface area contributed by atoms with E-state index in [4.69, 9.17) is 9.47 Å². The SMILES string of the molecule is CCCCC(C)(C)C(=O)/C=C/[C@@H]1[C@H]2CC(=O)O[C@H]2C[C@H]1OC(=O)c1ccc(-c2ccccc2)cc1. The maximum atomic E-state index is 13.0. The Hall–Kier alpha value is -3.21. The fourth-order valence-electron chi connectivity index (χ4n) is 5.09. The Kier molecular flexibility index (Phi) is 7.54. The Morgan fingerprint density at radius 2 is 1.74 bits per heavy atom. The standard InChI is InChI=1S/C30H34O5/c1-4-5-17-30(2,3)27(31)16-15-23-24-18-28(32)34-26(24)19-25(23)35-29(33)22-13-11-21(12-14-22)20-9-7-6-8-10-20/h6-16,23-26H,4-5,17-19H2,1-3H3/b16-15+/t23-,24-,25-,26+/m1/s1. The molecule has 1 heterocycles. The fourth-order valence-corrected chi connectivity index (χ4v) is 5.09. The smallest absolute Gasteiger partial charge is 0.338 e. The number of fused-ring (bicyclic) bond motifs is 1. The fraction of sp³-hybridized carbons (Fsp3) is 0.433. The third-order valence-electron chi connectivity index (χ3n) is 7.33. The van der Waals surface area contributed by atoms with E-state index in [1.165, 1.54) is 0 Å². The van der Waals surface area contributed by atoms with E-state index in [1.807, 2.05) is 62.4 Å². The van der Waals surface area contributed by atoms with E-state index in [9.17, 15) is 14.4 Å². The van der Waals surface area contributed by atoms with Crippen LogP contribution in [0.1, 0.15) is 63.2 Å². The number of carbonyl (C=O) groups excluding carboxylic acids is 3. The van der Waals surface area contributed by atoms with Crippen LogP contribution in [-0.2, 0) is 19.1 Å². The molecule has 184 valence electrons. The van der Waals surface area contributed by atoms with Crippen molar-refractivity contribution < 1.29 is 23.9 Å². The molecule has 2 aromatic carbocycles. The van der Waals surface area contributed by atoms with Crippen LogP contribution in [0.5, 0.6) is 0 Å². The van der Waals surface area contributed by atoms with Gasteiger partial charge in [-0.2, -0.15) is 0 Å². The van der Waals surface area contributed by atoms with Crippen LogP contribution in [0, 0.1) is 17.3 Å². The van der Waals surface area contributed by atoms with Gasteiger partial charge in [0.2, 0.25) is 0 Å². The van der Waals surface area contributed by atoms with Crippen LogP contribution in [0.2, 0.25) is 0 Å². The highest BCUT2D eigenvalue weighted by molar-refractivity contribution is 5.94. The molecule has 1 saturated carbocycles. The van der Waals surface area contributed by atoms with E-state index in [0.717, 1.165) is 30.4 Å². The number of ether oxygens (including phenoxy) is 2. The lowest BCUT2D eigenvalue weighted by molar-refractivity contribution is -0.141. The molecule has 0 amide bonds. The first kappa shape index (κ1) is 24.9. The van der Waals surface area contributed by atoms with Crippen LogP contribution < -0.4 is 0 Å². The summed E-state index contributed by atoms with van der Waals surface area (Å²) in [6.45, 7) is 6.04. The number of benzene rings is 2. The van der Waals surface area contributed by atoms with Crippen molar-refractivity contribution in [2.24, 2.45) is 17.3 Å². The van der Waals surface area contributed by atoms with Crippen LogP contribution in [0.15, 0.2) is 66.7 Å². The van der Waals surface area contributed by atoms with Gasteiger partial charge in [0.25, 0.3) is 0 Å². The minimum atomic E-state index is -0.445. The lowest BCUT2D eigenvalue weighted by Gasteiger charge is -2.23. The highest BCUT2D eigenvalue weighted by Gasteiger charge is 2.50. The van der Waals surface area contributed by atoms with E-state index in [0.29, 0.717) is 12.0 Å². The molecule has 35 heavy (non-hydrogen) atoms. The van der Waals surface area contributed by atoms with Gasteiger partial charge >= 0.3 is 11.9 Å². The predicted molar refractivity (Wildman–Crippen MR) is 135 cm³/mol. The largest absolute Gasteiger partial charge is 0.462 e. The second kappa shape index (κ2) is 10.6. The lowest BCUT2D eigenvalue weighted by atomic mass is 9.81. The molecular weight excluding hydrogens is 440 g/mol. The second-order valence-electron chi connectivity index (χ2n) is 10.3. The molecule has 0 spiro atoms. The number of ketones is 1. The van der Waals surface area contributed by atoms with Gasteiger partial charge in [-0.1, -0.05) is 82.2 Å². The Bertz CT molecular complexity index is 1080. The number of carbonyl (C=O) groups is 3. The molecule has 5 nitrogen and oxygen atoms in total. The van der Waals surface area contributed by atoms with Crippen molar-refractivity contribution >= 4 is 17.7 Å². The topological polar surface area (TPSA) is 69.7 Å². The second-order valence-corrected chi connectivity index (χ2v) is 10.3. The number of hydrogen-bond acceptors (Lipinski definition) is 5. The van der Waals surface area contributed by atoms with Gasteiger partial charge in [-0.15, -0.1) is 0 Å². The summed E-state index contributed by atoms with van der Waals surface area (Å²) in [5.74, 6) is -0.891. The first-order chi connectivity index (χ1) is 16.8. The third kappa shape index (κ3) is 5.72. The number of allylic oxidation sites excluding steroid dienone is 1. The number of rotatable bonds is 9. The van der Waals surface area contributed by atoms with Crippen molar-refractivity contribution in [1.82, 2.24) is 0 Å². The number of unbranched alkanes of at least 4 members (excludes halogenated alkanes) is 1. The Labute approximate surface area is 207 Å². The molecule has 5 heteroatoms. The minimum Gasteiger partial charge on any atom is -0.462 e. The molecule has 0 N–H and O–H groups in total. The van der Waals surface area contributed by atoms with Gasteiger partial charge in [0.05, 0.1) is 12.0 Å². The molecular formula is C30H34O5. The molecule has 2 fully saturated rings.